The number of carbonyl (C=O) groups is 1. The zero-order chi connectivity index (χ0) is 13.5. The minimum absolute atomic E-state index is 0.0615. The lowest BCUT2D eigenvalue weighted by molar-refractivity contribution is -0.119. The molecule has 0 aliphatic heterocycles. The monoisotopic (exact) mass is 319 g/mol. The first-order valence-corrected chi connectivity index (χ1v) is 6.08. The third-order valence-electron chi connectivity index (χ3n) is 2.16. The van der Waals surface area contributed by atoms with E-state index in [1.165, 1.54) is 12.1 Å². The molecular formula is C11H15BrFN3O2. The molecule has 1 aromatic carbocycles. The smallest absolute Gasteiger partial charge is 0.239 e. The zero-order valence-electron chi connectivity index (χ0n) is 9.93. The quantitative estimate of drug-likeness (QED) is 0.546. The van der Waals surface area contributed by atoms with Gasteiger partial charge in [-0.05, 0) is 22.0 Å². The number of nitrogens with two attached hydrogens (primary N) is 1. The highest BCUT2D eigenvalue weighted by atomic mass is 79.9. The van der Waals surface area contributed by atoms with Crippen molar-refractivity contribution in [1.82, 2.24) is 5.32 Å². The van der Waals surface area contributed by atoms with Gasteiger partial charge in [-0.1, -0.05) is 0 Å². The lowest BCUT2D eigenvalue weighted by atomic mass is 10.2. The maximum absolute atomic E-state index is 13.1. The summed E-state index contributed by atoms with van der Waals surface area (Å²) in [5, 5.41) is 5.48. The van der Waals surface area contributed by atoms with E-state index in [-0.39, 0.29) is 18.1 Å². The van der Waals surface area contributed by atoms with Gasteiger partial charge in [0.05, 0.1) is 29.0 Å². The van der Waals surface area contributed by atoms with Crippen LogP contribution in [0.3, 0.4) is 0 Å². The van der Waals surface area contributed by atoms with Crippen LogP contribution >= 0.6 is 15.9 Å². The summed E-state index contributed by atoms with van der Waals surface area (Å²) in [4.78, 5) is 11.4. The van der Waals surface area contributed by atoms with Crippen LogP contribution in [0.5, 0.6) is 0 Å². The first-order valence-electron chi connectivity index (χ1n) is 5.28. The van der Waals surface area contributed by atoms with E-state index in [4.69, 9.17) is 10.5 Å². The minimum atomic E-state index is -0.442. The Morgan fingerprint density at radius 3 is 2.94 bits per heavy atom. The molecule has 0 saturated heterocycles. The fourth-order valence-electron chi connectivity index (χ4n) is 1.25. The van der Waals surface area contributed by atoms with Gasteiger partial charge in [-0.25, -0.2) is 4.39 Å². The molecule has 5 nitrogen and oxygen atoms in total. The third kappa shape index (κ3) is 4.50. The molecular weight excluding hydrogens is 305 g/mol. The van der Waals surface area contributed by atoms with Crippen LogP contribution in [0.1, 0.15) is 0 Å². The molecule has 100 valence electrons. The van der Waals surface area contributed by atoms with E-state index in [9.17, 15) is 9.18 Å². The minimum Gasteiger partial charge on any atom is -0.397 e. The van der Waals surface area contributed by atoms with Gasteiger partial charge in [0.2, 0.25) is 5.91 Å². The highest BCUT2D eigenvalue weighted by molar-refractivity contribution is 9.10. The van der Waals surface area contributed by atoms with Gasteiger partial charge < -0.3 is 21.1 Å². The van der Waals surface area contributed by atoms with Crippen LogP contribution in [0, 0.1) is 5.82 Å². The summed E-state index contributed by atoms with van der Waals surface area (Å²) >= 11 is 3.05. The summed E-state index contributed by atoms with van der Waals surface area (Å²) in [6.07, 6.45) is 0. The second-order valence-corrected chi connectivity index (χ2v) is 4.40. The van der Waals surface area contributed by atoms with E-state index in [1.807, 2.05) is 0 Å². The molecule has 0 heterocycles. The fourth-order valence-corrected chi connectivity index (χ4v) is 1.59. The van der Waals surface area contributed by atoms with Gasteiger partial charge in [0.1, 0.15) is 5.82 Å². The highest BCUT2D eigenvalue weighted by Crippen LogP contribution is 2.26. The molecule has 0 saturated carbocycles. The molecule has 1 rings (SSSR count). The van der Waals surface area contributed by atoms with Crippen LogP contribution in [0.25, 0.3) is 0 Å². The van der Waals surface area contributed by atoms with Gasteiger partial charge >= 0.3 is 0 Å². The Bertz CT molecular complexity index is 429. The third-order valence-corrected chi connectivity index (χ3v) is 2.77. The van der Waals surface area contributed by atoms with Crippen LogP contribution in [0.2, 0.25) is 0 Å². The zero-order valence-corrected chi connectivity index (χ0v) is 11.5. The summed E-state index contributed by atoms with van der Waals surface area (Å²) in [5.41, 5.74) is 6.38. The van der Waals surface area contributed by atoms with Gasteiger partial charge in [-0.2, -0.15) is 0 Å². The van der Waals surface area contributed by atoms with Crippen LogP contribution < -0.4 is 16.4 Å². The number of nitrogens with one attached hydrogen (secondary N) is 2. The summed E-state index contributed by atoms with van der Waals surface area (Å²) in [5.74, 6) is -0.630. The highest BCUT2D eigenvalue weighted by Gasteiger charge is 2.07. The van der Waals surface area contributed by atoms with Crippen LogP contribution in [-0.4, -0.2) is 32.7 Å². The molecule has 4 N–H and O–H groups in total. The van der Waals surface area contributed by atoms with Crippen molar-refractivity contribution in [3.63, 3.8) is 0 Å². The van der Waals surface area contributed by atoms with Crippen molar-refractivity contribution < 1.29 is 13.9 Å². The predicted octanol–water partition coefficient (Wildman–Crippen LogP) is 1.34. The van der Waals surface area contributed by atoms with Gasteiger partial charge in [-0.3, -0.25) is 4.79 Å². The van der Waals surface area contributed by atoms with E-state index >= 15 is 0 Å². The SMILES string of the molecule is COCCNC(=O)CNc1cc(Br)c(F)cc1N. The van der Waals surface area contributed by atoms with E-state index in [0.29, 0.717) is 23.3 Å². The number of carbonyl (C=O) groups excluding carboxylic acids is 1. The Hall–Kier alpha value is -1.34. The number of halogens is 2. The summed E-state index contributed by atoms with van der Waals surface area (Å²) in [6.45, 7) is 0.960. The number of amides is 1. The number of hydrogen-bond acceptors (Lipinski definition) is 4. The molecule has 0 bridgehead atoms. The van der Waals surface area contributed by atoms with E-state index in [2.05, 4.69) is 26.6 Å². The van der Waals surface area contributed by atoms with E-state index in [1.54, 1.807) is 7.11 Å². The number of nitrogen functional groups attached to an aromatic ring is 1. The van der Waals surface area contributed by atoms with Crippen molar-refractivity contribution in [1.29, 1.82) is 0 Å². The van der Waals surface area contributed by atoms with Gasteiger partial charge in [0.15, 0.2) is 0 Å². The Labute approximate surface area is 113 Å². The lowest BCUT2D eigenvalue weighted by Gasteiger charge is -2.10. The van der Waals surface area contributed by atoms with Crippen molar-refractivity contribution in [3.8, 4) is 0 Å². The fraction of sp³-hybridized carbons (Fsp3) is 0.364. The molecule has 7 heteroatoms. The van der Waals surface area contributed by atoms with Crippen molar-refractivity contribution in [2.75, 3.05) is 37.9 Å². The maximum Gasteiger partial charge on any atom is 0.239 e. The summed E-state index contributed by atoms with van der Waals surface area (Å²) in [6, 6.07) is 2.68. The average molecular weight is 320 g/mol. The largest absolute Gasteiger partial charge is 0.397 e. The molecule has 18 heavy (non-hydrogen) atoms. The average Bonchev–Trinajstić information content (AvgIpc) is 2.32. The van der Waals surface area contributed by atoms with Gasteiger partial charge in [0, 0.05) is 19.7 Å². The first-order chi connectivity index (χ1) is 8.54. The second-order valence-electron chi connectivity index (χ2n) is 3.55. The Morgan fingerprint density at radius 1 is 1.56 bits per heavy atom. The molecule has 1 aromatic rings. The molecule has 0 radical (unpaired) electrons. The van der Waals surface area contributed by atoms with E-state index < -0.39 is 5.82 Å². The normalized spacial score (nSPS) is 10.2. The molecule has 0 unspecified atom stereocenters. The number of benzene rings is 1. The number of anilines is 2. The van der Waals surface area contributed by atoms with Crippen molar-refractivity contribution in [2.45, 2.75) is 0 Å². The number of rotatable bonds is 6. The predicted molar refractivity (Wildman–Crippen MR) is 71.9 cm³/mol. The first kappa shape index (κ1) is 14.7. The molecule has 0 atom stereocenters. The van der Waals surface area contributed by atoms with Crippen LogP contribution in [-0.2, 0) is 9.53 Å². The molecule has 0 aromatic heterocycles. The number of hydrogen-bond donors (Lipinski definition) is 3. The maximum atomic E-state index is 13.1. The topological polar surface area (TPSA) is 76.4 Å². The summed E-state index contributed by atoms with van der Waals surface area (Å²) in [7, 11) is 1.56. The lowest BCUT2D eigenvalue weighted by Crippen LogP contribution is -2.32. The Kier molecular flexibility index (Phi) is 5.87. The summed E-state index contributed by atoms with van der Waals surface area (Å²) < 4.78 is 18.2. The molecule has 1 amide bonds. The second kappa shape index (κ2) is 7.17. The van der Waals surface area contributed by atoms with Crippen molar-refractivity contribution in [2.24, 2.45) is 0 Å². The Morgan fingerprint density at radius 2 is 2.28 bits per heavy atom. The standard InChI is InChI=1S/C11H15BrFN3O2/c1-18-3-2-15-11(17)6-16-10-4-7(12)8(13)5-9(10)14/h4-5,16H,2-3,6,14H2,1H3,(H,15,17). The molecule has 0 aliphatic carbocycles. The Balaban J connectivity index is 2.48. The van der Waals surface area contributed by atoms with E-state index in [0.717, 1.165) is 0 Å². The van der Waals surface area contributed by atoms with Crippen molar-refractivity contribution >= 4 is 33.2 Å². The van der Waals surface area contributed by atoms with Crippen molar-refractivity contribution in [3.05, 3.63) is 22.4 Å². The number of methoxy groups -OCH3 is 1. The van der Waals surface area contributed by atoms with Gasteiger partial charge in [-0.15, -0.1) is 0 Å². The number of ether oxygens (including phenoxy) is 1. The molecule has 0 aliphatic rings. The molecule has 0 spiro atoms. The van der Waals surface area contributed by atoms with Crippen LogP contribution in [0.4, 0.5) is 15.8 Å². The molecule has 0 fully saturated rings. The van der Waals surface area contributed by atoms with Crippen LogP contribution in [0.15, 0.2) is 16.6 Å². The van der Waals surface area contributed by atoms with Gasteiger partial charge in [0.25, 0.3) is 0 Å².